The Bertz CT molecular complexity index is 663. The van der Waals surface area contributed by atoms with Gasteiger partial charge in [-0.3, -0.25) is 4.72 Å². The molecule has 0 bridgehead atoms. The summed E-state index contributed by atoms with van der Waals surface area (Å²) in [5.41, 5.74) is 6.33. The largest absolute Gasteiger partial charge is 0.397 e. The standard InChI is InChI=1S/C10H8Cl2N2O2S2/c11-6-5-9(17-10(6)12)18(15,16)14-8-4-2-1-3-7(8)13/h1-5,14H,13H2. The number of sulfonamides is 1. The first kappa shape index (κ1) is 13.5. The predicted octanol–water partition coefficient (Wildman–Crippen LogP) is 3.44. The van der Waals surface area contributed by atoms with E-state index in [0.29, 0.717) is 11.4 Å². The van der Waals surface area contributed by atoms with Gasteiger partial charge in [-0.2, -0.15) is 0 Å². The molecule has 96 valence electrons. The predicted molar refractivity (Wildman–Crippen MR) is 76.0 cm³/mol. The van der Waals surface area contributed by atoms with Crippen LogP contribution in [0.3, 0.4) is 0 Å². The highest BCUT2D eigenvalue weighted by Crippen LogP contribution is 2.35. The van der Waals surface area contributed by atoms with Crippen LogP contribution in [0.25, 0.3) is 0 Å². The van der Waals surface area contributed by atoms with Crippen LogP contribution in [0.15, 0.2) is 34.5 Å². The third-order valence-electron chi connectivity index (χ3n) is 2.09. The van der Waals surface area contributed by atoms with Crippen LogP contribution in [0, 0.1) is 0 Å². The summed E-state index contributed by atoms with van der Waals surface area (Å²) in [7, 11) is -3.72. The van der Waals surface area contributed by atoms with Crippen molar-refractivity contribution >= 4 is 55.9 Å². The number of thiophene rings is 1. The molecule has 0 saturated heterocycles. The molecule has 8 heteroatoms. The fraction of sp³-hybridized carbons (Fsp3) is 0. The highest BCUT2D eigenvalue weighted by molar-refractivity contribution is 7.94. The zero-order chi connectivity index (χ0) is 13.3. The van der Waals surface area contributed by atoms with Gasteiger partial charge in [0.15, 0.2) is 0 Å². The zero-order valence-corrected chi connectivity index (χ0v) is 12.0. The van der Waals surface area contributed by atoms with Crippen molar-refractivity contribution in [3.8, 4) is 0 Å². The monoisotopic (exact) mass is 322 g/mol. The number of para-hydroxylation sites is 2. The van der Waals surface area contributed by atoms with E-state index in [1.54, 1.807) is 24.3 Å². The summed E-state index contributed by atoms with van der Waals surface area (Å²) < 4.78 is 26.8. The fourth-order valence-electron chi connectivity index (χ4n) is 1.24. The average Bonchev–Trinajstić information content (AvgIpc) is 2.63. The van der Waals surface area contributed by atoms with E-state index >= 15 is 0 Å². The van der Waals surface area contributed by atoms with Crippen molar-refractivity contribution in [2.45, 2.75) is 4.21 Å². The number of anilines is 2. The van der Waals surface area contributed by atoms with E-state index in [4.69, 9.17) is 28.9 Å². The van der Waals surface area contributed by atoms with Crippen LogP contribution < -0.4 is 10.5 Å². The second kappa shape index (κ2) is 4.97. The van der Waals surface area contributed by atoms with Crippen molar-refractivity contribution in [1.82, 2.24) is 0 Å². The van der Waals surface area contributed by atoms with Gasteiger partial charge in [0.2, 0.25) is 0 Å². The number of hydrogen-bond acceptors (Lipinski definition) is 4. The average molecular weight is 323 g/mol. The van der Waals surface area contributed by atoms with E-state index < -0.39 is 10.0 Å². The molecular formula is C10H8Cl2N2O2S2. The Morgan fingerprint density at radius 1 is 1.22 bits per heavy atom. The minimum absolute atomic E-state index is 0.0424. The molecule has 4 nitrogen and oxygen atoms in total. The van der Waals surface area contributed by atoms with Gasteiger partial charge in [-0.1, -0.05) is 35.3 Å². The van der Waals surface area contributed by atoms with E-state index in [0.717, 1.165) is 11.3 Å². The minimum atomic E-state index is -3.72. The third-order valence-corrected chi connectivity index (χ3v) is 5.80. The number of nitrogen functional groups attached to an aromatic ring is 1. The summed E-state index contributed by atoms with van der Waals surface area (Å²) in [6, 6.07) is 7.88. The van der Waals surface area contributed by atoms with E-state index in [1.165, 1.54) is 6.07 Å². The van der Waals surface area contributed by atoms with Crippen LogP contribution >= 0.6 is 34.5 Å². The molecule has 0 aliphatic rings. The molecule has 0 unspecified atom stereocenters. The fourth-order valence-corrected chi connectivity index (χ4v) is 4.21. The van der Waals surface area contributed by atoms with Crippen molar-refractivity contribution in [3.63, 3.8) is 0 Å². The van der Waals surface area contributed by atoms with Gasteiger partial charge in [-0.25, -0.2) is 8.42 Å². The van der Waals surface area contributed by atoms with Crippen molar-refractivity contribution < 1.29 is 8.42 Å². The summed E-state index contributed by atoms with van der Waals surface area (Å²) in [5, 5.41) is 0.211. The summed E-state index contributed by atoms with van der Waals surface area (Å²) in [6.45, 7) is 0. The molecular weight excluding hydrogens is 315 g/mol. The molecule has 1 aromatic heterocycles. The van der Waals surface area contributed by atoms with Crippen molar-refractivity contribution in [1.29, 1.82) is 0 Å². The normalized spacial score (nSPS) is 11.4. The lowest BCUT2D eigenvalue weighted by Crippen LogP contribution is -2.12. The molecule has 1 aromatic carbocycles. The Balaban J connectivity index is 2.36. The lowest BCUT2D eigenvalue weighted by molar-refractivity contribution is 0.603. The number of nitrogens with one attached hydrogen (secondary N) is 1. The van der Waals surface area contributed by atoms with Gasteiger partial charge in [-0.05, 0) is 18.2 Å². The second-order valence-electron chi connectivity index (χ2n) is 3.38. The molecule has 2 aromatic rings. The maximum Gasteiger partial charge on any atom is 0.271 e. The van der Waals surface area contributed by atoms with Crippen LogP contribution in [0.1, 0.15) is 0 Å². The van der Waals surface area contributed by atoms with E-state index in [1.807, 2.05) is 0 Å². The number of hydrogen-bond donors (Lipinski definition) is 2. The van der Waals surface area contributed by atoms with Crippen molar-refractivity contribution in [2.24, 2.45) is 0 Å². The SMILES string of the molecule is Nc1ccccc1NS(=O)(=O)c1cc(Cl)c(Cl)s1. The molecule has 0 amide bonds. The van der Waals surface area contributed by atoms with Gasteiger partial charge in [-0.15, -0.1) is 11.3 Å². The summed E-state index contributed by atoms with van der Waals surface area (Å²) in [5.74, 6) is 0. The van der Waals surface area contributed by atoms with Crippen LogP contribution in [0.2, 0.25) is 9.36 Å². The van der Waals surface area contributed by atoms with Crippen LogP contribution in [0.4, 0.5) is 11.4 Å². The van der Waals surface area contributed by atoms with Gasteiger partial charge >= 0.3 is 0 Å². The first-order valence-electron chi connectivity index (χ1n) is 4.72. The number of nitrogens with two attached hydrogens (primary N) is 1. The Morgan fingerprint density at radius 3 is 2.44 bits per heavy atom. The quantitative estimate of drug-likeness (QED) is 0.850. The molecule has 0 aliphatic heterocycles. The molecule has 0 fully saturated rings. The van der Waals surface area contributed by atoms with E-state index in [9.17, 15) is 8.42 Å². The second-order valence-corrected chi connectivity index (χ2v) is 7.35. The van der Waals surface area contributed by atoms with Gasteiger partial charge in [0.25, 0.3) is 10.0 Å². The molecule has 0 atom stereocenters. The molecule has 1 heterocycles. The molecule has 2 rings (SSSR count). The molecule has 0 aliphatic carbocycles. The van der Waals surface area contributed by atoms with E-state index in [-0.39, 0.29) is 13.6 Å². The summed E-state index contributed by atoms with van der Waals surface area (Å²) in [4.78, 5) is 0. The summed E-state index contributed by atoms with van der Waals surface area (Å²) in [6.07, 6.45) is 0. The van der Waals surface area contributed by atoms with Gasteiger partial charge in [0.1, 0.15) is 8.55 Å². The van der Waals surface area contributed by atoms with Gasteiger partial charge in [0, 0.05) is 0 Å². The highest BCUT2D eigenvalue weighted by atomic mass is 35.5. The highest BCUT2D eigenvalue weighted by Gasteiger charge is 2.19. The zero-order valence-electron chi connectivity index (χ0n) is 8.85. The number of halogens is 2. The third kappa shape index (κ3) is 2.72. The van der Waals surface area contributed by atoms with Crippen LogP contribution in [-0.2, 0) is 10.0 Å². The van der Waals surface area contributed by atoms with Gasteiger partial charge < -0.3 is 5.73 Å². The van der Waals surface area contributed by atoms with Crippen molar-refractivity contribution in [3.05, 3.63) is 39.7 Å². The molecule has 18 heavy (non-hydrogen) atoms. The van der Waals surface area contributed by atoms with E-state index in [2.05, 4.69) is 4.72 Å². The van der Waals surface area contributed by atoms with Crippen molar-refractivity contribution in [2.75, 3.05) is 10.5 Å². The smallest absolute Gasteiger partial charge is 0.271 e. The Morgan fingerprint density at radius 2 is 1.89 bits per heavy atom. The Kier molecular flexibility index (Phi) is 3.72. The molecule has 0 saturated carbocycles. The minimum Gasteiger partial charge on any atom is -0.397 e. The Hall–Kier alpha value is -0.950. The maximum atomic E-state index is 12.0. The Labute approximate surface area is 118 Å². The van der Waals surface area contributed by atoms with Crippen LogP contribution in [-0.4, -0.2) is 8.42 Å². The summed E-state index contributed by atoms with van der Waals surface area (Å²) >= 11 is 12.4. The first-order chi connectivity index (χ1) is 8.40. The van der Waals surface area contributed by atoms with Crippen LogP contribution in [0.5, 0.6) is 0 Å². The topological polar surface area (TPSA) is 72.2 Å². The van der Waals surface area contributed by atoms with Gasteiger partial charge in [0.05, 0.1) is 16.4 Å². The molecule has 0 radical (unpaired) electrons. The lowest BCUT2D eigenvalue weighted by atomic mass is 10.3. The maximum absolute atomic E-state index is 12.0. The number of benzene rings is 1. The number of rotatable bonds is 3. The first-order valence-corrected chi connectivity index (χ1v) is 7.78. The molecule has 3 N–H and O–H groups in total. The lowest BCUT2D eigenvalue weighted by Gasteiger charge is -2.08. The molecule has 0 spiro atoms.